The van der Waals surface area contributed by atoms with Crippen molar-refractivity contribution in [3.05, 3.63) is 88.9 Å². The van der Waals surface area contributed by atoms with Crippen LogP contribution in [0.1, 0.15) is 15.9 Å². The van der Waals surface area contributed by atoms with Crippen molar-refractivity contribution in [2.24, 2.45) is 0 Å². The molecule has 2 aromatic heterocycles. The van der Waals surface area contributed by atoms with Crippen molar-refractivity contribution < 1.29 is 9.90 Å². The molecule has 134 valence electrons. The second-order valence-electron chi connectivity index (χ2n) is 5.99. The summed E-state index contributed by atoms with van der Waals surface area (Å²) in [5.74, 6) is -0.265. The molecule has 3 rings (SSSR count). The molecule has 2 heterocycles. The Morgan fingerprint density at radius 1 is 1.15 bits per heavy atom. The first kappa shape index (κ1) is 17.6. The molecule has 0 saturated carbocycles. The lowest BCUT2D eigenvalue weighted by Gasteiger charge is -2.13. The summed E-state index contributed by atoms with van der Waals surface area (Å²) < 4.78 is 3.35. The Labute approximate surface area is 150 Å². The van der Waals surface area contributed by atoms with E-state index in [1.165, 1.54) is 10.6 Å². The van der Waals surface area contributed by atoms with Gasteiger partial charge < -0.3 is 19.6 Å². The highest BCUT2D eigenvalue weighted by atomic mass is 16.3. The second kappa shape index (κ2) is 8.26. The molecule has 0 spiro atoms. The molecule has 1 unspecified atom stereocenters. The minimum Gasteiger partial charge on any atom is -0.389 e. The molecule has 2 N–H and O–H groups in total. The molecule has 26 heavy (non-hydrogen) atoms. The molecule has 3 aromatic rings. The van der Waals surface area contributed by atoms with Crippen molar-refractivity contribution in [2.45, 2.75) is 19.2 Å². The zero-order valence-electron chi connectivity index (χ0n) is 14.2. The molecule has 1 aromatic carbocycles. The molecular formula is C19H20N4O3. The van der Waals surface area contributed by atoms with E-state index in [1.54, 1.807) is 43.0 Å². The summed E-state index contributed by atoms with van der Waals surface area (Å²) in [4.78, 5) is 27.8. The first-order valence-corrected chi connectivity index (χ1v) is 8.28. The number of pyridine rings is 1. The van der Waals surface area contributed by atoms with Gasteiger partial charge in [0.1, 0.15) is 0 Å². The van der Waals surface area contributed by atoms with Crippen molar-refractivity contribution in [2.75, 3.05) is 6.54 Å². The van der Waals surface area contributed by atoms with Gasteiger partial charge in [0.25, 0.3) is 11.5 Å². The van der Waals surface area contributed by atoms with Crippen LogP contribution in [0.4, 0.5) is 0 Å². The van der Waals surface area contributed by atoms with Crippen molar-refractivity contribution in [1.82, 2.24) is 19.4 Å². The molecule has 1 amide bonds. The third-order valence-electron chi connectivity index (χ3n) is 3.95. The van der Waals surface area contributed by atoms with Gasteiger partial charge in [-0.3, -0.25) is 9.59 Å². The van der Waals surface area contributed by atoms with Gasteiger partial charge in [-0.15, -0.1) is 0 Å². The number of hydrogen-bond donors (Lipinski definition) is 2. The number of benzene rings is 1. The minimum absolute atomic E-state index is 0.0664. The van der Waals surface area contributed by atoms with E-state index in [9.17, 15) is 14.7 Å². The summed E-state index contributed by atoms with van der Waals surface area (Å²) >= 11 is 0. The lowest BCUT2D eigenvalue weighted by atomic mass is 10.1. The van der Waals surface area contributed by atoms with Gasteiger partial charge in [0.05, 0.1) is 19.0 Å². The van der Waals surface area contributed by atoms with E-state index >= 15 is 0 Å². The van der Waals surface area contributed by atoms with Crippen LogP contribution in [0, 0.1) is 0 Å². The maximum Gasteiger partial charge on any atom is 0.251 e. The highest BCUT2D eigenvalue weighted by Gasteiger charge is 2.10. The molecule has 0 saturated heterocycles. The number of carbonyl (C=O) groups excluding carboxylic acids is 1. The number of carbonyl (C=O) groups is 1. The first-order chi connectivity index (χ1) is 12.6. The lowest BCUT2D eigenvalue weighted by Crippen LogP contribution is -2.36. The van der Waals surface area contributed by atoms with Crippen molar-refractivity contribution >= 4 is 5.91 Å². The van der Waals surface area contributed by atoms with Crippen molar-refractivity contribution in [3.63, 3.8) is 0 Å². The standard InChI is InChI=1S/C19H20N4O3/c24-17(13-23-9-2-1-3-18(23)25)11-21-19(26)16-6-4-15(5-7-16)12-22-10-8-20-14-22/h1-10,14,17,24H,11-13H2,(H,21,26). The van der Waals surface area contributed by atoms with Crippen LogP contribution in [-0.4, -0.2) is 37.8 Å². The van der Waals surface area contributed by atoms with Gasteiger partial charge in [-0.05, 0) is 23.8 Å². The van der Waals surface area contributed by atoms with Crippen molar-refractivity contribution in [1.29, 1.82) is 0 Å². The summed E-state index contributed by atoms with van der Waals surface area (Å²) in [5, 5.41) is 12.7. The predicted octanol–water partition coefficient (Wildman–Crippen LogP) is 0.884. The molecule has 0 radical (unpaired) electrons. The molecular weight excluding hydrogens is 332 g/mol. The Kier molecular flexibility index (Phi) is 5.60. The summed E-state index contributed by atoms with van der Waals surface area (Å²) in [6.07, 6.45) is 6.09. The molecule has 1 atom stereocenters. The topological polar surface area (TPSA) is 89.1 Å². The molecule has 0 aliphatic rings. The minimum atomic E-state index is -0.848. The monoisotopic (exact) mass is 352 g/mol. The van der Waals surface area contributed by atoms with E-state index < -0.39 is 6.10 Å². The Morgan fingerprint density at radius 3 is 2.65 bits per heavy atom. The summed E-state index contributed by atoms with van der Waals surface area (Å²) in [7, 11) is 0. The number of nitrogens with zero attached hydrogens (tertiary/aromatic N) is 3. The Balaban J connectivity index is 1.51. The molecule has 7 heteroatoms. The van der Waals surface area contributed by atoms with Crippen molar-refractivity contribution in [3.8, 4) is 0 Å². The first-order valence-electron chi connectivity index (χ1n) is 8.28. The maximum absolute atomic E-state index is 12.2. The normalized spacial score (nSPS) is 11.9. The van der Waals surface area contributed by atoms with E-state index in [1.807, 2.05) is 22.9 Å². The Bertz CT molecular complexity index is 901. The van der Waals surface area contributed by atoms with E-state index in [-0.39, 0.29) is 24.6 Å². The van der Waals surface area contributed by atoms with Gasteiger partial charge in [0.2, 0.25) is 0 Å². The zero-order chi connectivity index (χ0) is 18.4. The van der Waals surface area contributed by atoms with Crippen LogP contribution < -0.4 is 10.9 Å². The Hall–Kier alpha value is -3.19. The molecule has 0 fully saturated rings. The highest BCUT2D eigenvalue weighted by Crippen LogP contribution is 2.06. The van der Waals surface area contributed by atoms with E-state index in [4.69, 9.17) is 0 Å². The fourth-order valence-electron chi connectivity index (χ4n) is 2.57. The number of aliphatic hydroxyl groups excluding tert-OH is 1. The predicted molar refractivity (Wildman–Crippen MR) is 96.8 cm³/mol. The number of amides is 1. The molecule has 0 bridgehead atoms. The fraction of sp³-hybridized carbons (Fsp3) is 0.211. The van der Waals surface area contributed by atoms with E-state index in [0.29, 0.717) is 12.1 Å². The largest absolute Gasteiger partial charge is 0.389 e. The second-order valence-corrected chi connectivity index (χ2v) is 5.99. The smallest absolute Gasteiger partial charge is 0.251 e. The van der Waals surface area contributed by atoms with Crippen LogP contribution in [0.5, 0.6) is 0 Å². The van der Waals surface area contributed by atoms with Gasteiger partial charge in [-0.25, -0.2) is 4.98 Å². The summed E-state index contributed by atoms with van der Waals surface area (Å²) in [6.45, 7) is 0.882. The van der Waals surface area contributed by atoms with Crippen LogP contribution in [0.3, 0.4) is 0 Å². The number of rotatable bonds is 7. The van der Waals surface area contributed by atoms with Crippen LogP contribution >= 0.6 is 0 Å². The molecule has 0 aliphatic heterocycles. The highest BCUT2D eigenvalue weighted by molar-refractivity contribution is 5.94. The SMILES string of the molecule is O=C(NCC(O)Cn1ccccc1=O)c1ccc(Cn2ccnc2)cc1. The van der Waals surface area contributed by atoms with Gasteiger partial charge in [-0.1, -0.05) is 18.2 Å². The van der Waals surface area contributed by atoms with Crippen LogP contribution in [-0.2, 0) is 13.1 Å². The van der Waals surface area contributed by atoms with Gasteiger partial charge in [0.15, 0.2) is 0 Å². The maximum atomic E-state index is 12.2. The molecule has 7 nitrogen and oxygen atoms in total. The van der Waals surface area contributed by atoms with Crippen LogP contribution in [0.15, 0.2) is 72.2 Å². The number of hydrogen-bond acceptors (Lipinski definition) is 4. The molecule has 0 aliphatic carbocycles. The van der Waals surface area contributed by atoms with Crippen LogP contribution in [0.2, 0.25) is 0 Å². The quantitative estimate of drug-likeness (QED) is 0.661. The third kappa shape index (κ3) is 4.67. The lowest BCUT2D eigenvalue weighted by molar-refractivity contribution is 0.0903. The van der Waals surface area contributed by atoms with Crippen LogP contribution in [0.25, 0.3) is 0 Å². The fourth-order valence-corrected chi connectivity index (χ4v) is 2.57. The summed E-state index contributed by atoms with van der Waals surface area (Å²) in [6, 6.07) is 12.0. The zero-order valence-corrected chi connectivity index (χ0v) is 14.2. The average Bonchev–Trinajstić information content (AvgIpc) is 3.15. The van der Waals surface area contributed by atoms with E-state index in [0.717, 1.165) is 5.56 Å². The van der Waals surface area contributed by atoms with Gasteiger partial charge in [-0.2, -0.15) is 0 Å². The number of imidazole rings is 1. The average molecular weight is 352 g/mol. The van der Waals surface area contributed by atoms with Gasteiger partial charge >= 0.3 is 0 Å². The number of aliphatic hydroxyl groups is 1. The number of aromatic nitrogens is 3. The third-order valence-corrected chi connectivity index (χ3v) is 3.95. The van der Waals surface area contributed by atoms with Gasteiger partial charge in [0, 0.05) is 43.3 Å². The number of nitrogens with one attached hydrogen (secondary N) is 1. The van der Waals surface area contributed by atoms with E-state index in [2.05, 4.69) is 10.3 Å². The Morgan fingerprint density at radius 2 is 1.96 bits per heavy atom. The summed E-state index contributed by atoms with van der Waals surface area (Å²) in [5.41, 5.74) is 1.39.